The van der Waals surface area contributed by atoms with Gasteiger partial charge in [0.2, 0.25) is 5.91 Å². The highest BCUT2D eigenvalue weighted by atomic mass is 16.1. The molecule has 0 saturated heterocycles. The molecule has 2 nitrogen and oxygen atoms in total. The molecule has 14 heavy (non-hydrogen) atoms. The van der Waals surface area contributed by atoms with Crippen molar-refractivity contribution >= 4 is 5.91 Å². The number of carbonyl (C=O) groups is 1. The maximum atomic E-state index is 11.2. The van der Waals surface area contributed by atoms with Gasteiger partial charge in [0, 0.05) is 12.5 Å². The van der Waals surface area contributed by atoms with E-state index in [4.69, 9.17) is 0 Å². The van der Waals surface area contributed by atoms with Crippen molar-refractivity contribution in [2.75, 3.05) is 0 Å². The molecule has 1 atom stereocenters. The average molecular weight is 197 g/mol. The zero-order valence-electron chi connectivity index (χ0n) is 9.51. The Labute approximate surface area is 87.5 Å². The largest absolute Gasteiger partial charge is 0.353 e. The molecule has 1 fully saturated rings. The summed E-state index contributed by atoms with van der Waals surface area (Å²) in [6.07, 6.45) is 8.65. The summed E-state index contributed by atoms with van der Waals surface area (Å²) < 4.78 is 0. The van der Waals surface area contributed by atoms with Crippen molar-refractivity contribution in [2.45, 2.75) is 64.8 Å². The molecule has 1 aliphatic carbocycles. The summed E-state index contributed by atoms with van der Waals surface area (Å²) in [6.45, 7) is 4.07. The molecule has 0 aromatic heterocycles. The third kappa shape index (κ3) is 3.69. The summed E-state index contributed by atoms with van der Waals surface area (Å²) >= 11 is 0. The first kappa shape index (κ1) is 11.5. The molecule has 1 aliphatic rings. The molecule has 1 N–H and O–H groups in total. The van der Waals surface area contributed by atoms with E-state index in [0.717, 1.165) is 0 Å². The predicted molar refractivity (Wildman–Crippen MR) is 59.1 cm³/mol. The van der Waals surface area contributed by atoms with E-state index < -0.39 is 0 Å². The van der Waals surface area contributed by atoms with E-state index >= 15 is 0 Å². The Bertz CT molecular complexity index is 171. The van der Waals surface area contributed by atoms with Crippen LogP contribution in [0.25, 0.3) is 0 Å². The summed E-state index contributed by atoms with van der Waals surface area (Å²) in [6, 6.07) is 0.376. The second-order valence-electron chi connectivity index (χ2n) is 4.46. The minimum absolute atomic E-state index is 0.196. The van der Waals surface area contributed by atoms with E-state index in [1.807, 2.05) is 6.92 Å². The fraction of sp³-hybridized carbons (Fsp3) is 0.917. The molecule has 0 aromatic carbocycles. The van der Waals surface area contributed by atoms with Crippen molar-refractivity contribution < 1.29 is 4.79 Å². The van der Waals surface area contributed by atoms with Gasteiger partial charge in [-0.25, -0.2) is 0 Å². The average Bonchev–Trinajstić information content (AvgIpc) is 2.45. The minimum Gasteiger partial charge on any atom is -0.353 e. The van der Waals surface area contributed by atoms with E-state index in [9.17, 15) is 4.79 Å². The molecular weight excluding hydrogens is 174 g/mol. The second kappa shape index (κ2) is 6.05. The van der Waals surface area contributed by atoms with Crippen LogP contribution in [0.4, 0.5) is 0 Å². The first-order valence-corrected chi connectivity index (χ1v) is 6.03. The van der Waals surface area contributed by atoms with E-state index in [2.05, 4.69) is 12.2 Å². The quantitative estimate of drug-likeness (QED) is 0.692. The first-order chi connectivity index (χ1) is 6.74. The highest BCUT2D eigenvalue weighted by molar-refractivity contribution is 5.75. The van der Waals surface area contributed by atoms with Crippen molar-refractivity contribution in [1.29, 1.82) is 0 Å². The summed E-state index contributed by atoms with van der Waals surface area (Å²) in [5.74, 6) is 0.912. The lowest BCUT2D eigenvalue weighted by molar-refractivity contribution is -0.121. The van der Waals surface area contributed by atoms with Gasteiger partial charge in [0.25, 0.3) is 0 Å². The molecule has 0 spiro atoms. The molecule has 0 aliphatic heterocycles. The molecule has 0 radical (unpaired) electrons. The molecular formula is C12H23NO. The number of hydrogen-bond acceptors (Lipinski definition) is 1. The summed E-state index contributed by atoms with van der Waals surface area (Å²) in [7, 11) is 0. The molecule has 2 heteroatoms. The third-order valence-electron chi connectivity index (χ3n) is 3.32. The SMILES string of the molecule is CCC(=O)N[C@H](C)C1CCCCCC1. The van der Waals surface area contributed by atoms with Gasteiger partial charge in [0.1, 0.15) is 0 Å². The van der Waals surface area contributed by atoms with E-state index in [0.29, 0.717) is 18.4 Å². The van der Waals surface area contributed by atoms with Gasteiger partial charge in [-0.15, -0.1) is 0 Å². The number of amides is 1. The molecule has 1 amide bonds. The lowest BCUT2D eigenvalue weighted by atomic mass is 9.93. The zero-order valence-corrected chi connectivity index (χ0v) is 9.51. The van der Waals surface area contributed by atoms with Gasteiger partial charge >= 0.3 is 0 Å². The van der Waals surface area contributed by atoms with Crippen LogP contribution in [0.15, 0.2) is 0 Å². The molecule has 0 heterocycles. The Hall–Kier alpha value is -0.530. The van der Waals surface area contributed by atoms with Gasteiger partial charge < -0.3 is 5.32 Å². The number of rotatable bonds is 3. The highest BCUT2D eigenvalue weighted by Crippen LogP contribution is 2.25. The minimum atomic E-state index is 0.196. The summed E-state index contributed by atoms with van der Waals surface area (Å²) in [5, 5.41) is 3.09. The number of hydrogen-bond donors (Lipinski definition) is 1. The lowest BCUT2D eigenvalue weighted by Gasteiger charge is -2.23. The van der Waals surface area contributed by atoms with Crippen LogP contribution in [-0.4, -0.2) is 11.9 Å². The van der Waals surface area contributed by atoms with Crippen molar-refractivity contribution in [3.63, 3.8) is 0 Å². The van der Waals surface area contributed by atoms with E-state index in [1.54, 1.807) is 0 Å². The Kier molecular flexibility index (Phi) is 4.99. The van der Waals surface area contributed by atoms with Crippen molar-refractivity contribution in [3.8, 4) is 0 Å². The van der Waals surface area contributed by atoms with Crippen LogP contribution in [0, 0.1) is 5.92 Å². The van der Waals surface area contributed by atoms with E-state index in [-0.39, 0.29) is 5.91 Å². The monoisotopic (exact) mass is 197 g/mol. The smallest absolute Gasteiger partial charge is 0.219 e. The van der Waals surface area contributed by atoms with Crippen LogP contribution in [0.5, 0.6) is 0 Å². The van der Waals surface area contributed by atoms with Gasteiger partial charge in [-0.2, -0.15) is 0 Å². The Balaban J connectivity index is 2.33. The number of nitrogens with one attached hydrogen (secondary N) is 1. The maximum Gasteiger partial charge on any atom is 0.219 e. The summed E-state index contributed by atoms with van der Waals surface area (Å²) in [5.41, 5.74) is 0. The molecule has 0 aromatic rings. The topological polar surface area (TPSA) is 29.1 Å². The van der Waals surface area contributed by atoms with Crippen LogP contribution in [0.2, 0.25) is 0 Å². The predicted octanol–water partition coefficient (Wildman–Crippen LogP) is 2.87. The van der Waals surface area contributed by atoms with Crippen LogP contribution in [-0.2, 0) is 4.79 Å². The van der Waals surface area contributed by atoms with Crippen LogP contribution in [0.3, 0.4) is 0 Å². The van der Waals surface area contributed by atoms with Crippen LogP contribution >= 0.6 is 0 Å². The molecule has 1 saturated carbocycles. The van der Waals surface area contributed by atoms with Gasteiger partial charge in [-0.1, -0.05) is 32.6 Å². The first-order valence-electron chi connectivity index (χ1n) is 6.03. The second-order valence-corrected chi connectivity index (χ2v) is 4.46. The number of carbonyl (C=O) groups excluding carboxylic acids is 1. The van der Waals surface area contributed by atoms with Crippen molar-refractivity contribution in [1.82, 2.24) is 5.32 Å². The molecule has 1 rings (SSSR count). The maximum absolute atomic E-state index is 11.2. The molecule has 0 unspecified atom stereocenters. The molecule has 0 bridgehead atoms. The fourth-order valence-corrected chi connectivity index (χ4v) is 2.28. The zero-order chi connectivity index (χ0) is 10.4. The summed E-state index contributed by atoms with van der Waals surface area (Å²) in [4.78, 5) is 11.2. The Morgan fingerprint density at radius 1 is 1.29 bits per heavy atom. The van der Waals surface area contributed by atoms with E-state index in [1.165, 1.54) is 38.5 Å². The van der Waals surface area contributed by atoms with Crippen LogP contribution in [0.1, 0.15) is 58.8 Å². The highest BCUT2D eigenvalue weighted by Gasteiger charge is 2.19. The van der Waals surface area contributed by atoms with Gasteiger partial charge in [0.15, 0.2) is 0 Å². The fourth-order valence-electron chi connectivity index (χ4n) is 2.28. The molecule has 82 valence electrons. The van der Waals surface area contributed by atoms with Crippen molar-refractivity contribution in [2.24, 2.45) is 5.92 Å². The normalized spacial score (nSPS) is 21.3. The third-order valence-corrected chi connectivity index (χ3v) is 3.32. The Morgan fingerprint density at radius 3 is 2.36 bits per heavy atom. The van der Waals surface area contributed by atoms with Crippen molar-refractivity contribution in [3.05, 3.63) is 0 Å². The lowest BCUT2D eigenvalue weighted by Crippen LogP contribution is -2.37. The van der Waals surface area contributed by atoms with Gasteiger partial charge in [0.05, 0.1) is 0 Å². The van der Waals surface area contributed by atoms with Gasteiger partial charge in [-0.3, -0.25) is 4.79 Å². The standard InChI is InChI=1S/C12H23NO/c1-3-12(14)13-10(2)11-8-6-4-5-7-9-11/h10-11H,3-9H2,1-2H3,(H,13,14)/t10-/m1/s1. The van der Waals surface area contributed by atoms with Gasteiger partial charge in [-0.05, 0) is 25.7 Å². The van der Waals surface area contributed by atoms with Crippen LogP contribution < -0.4 is 5.32 Å². The Morgan fingerprint density at radius 2 is 1.86 bits per heavy atom.